The standard InChI is InChI=1S/C13H18N2O3S/c16-12(2-1-11-14-5-8-19-11)15-6-3-10(4-7-15)9-13(17)18/h5,8,10H,1-4,6-7,9H2,(H,17,18). The highest BCUT2D eigenvalue weighted by molar-refractivity contribution is 7.09. The van der Waals surface area contributed by atoms with Gasteiger partial charge >= 0.3 is 5.97 Å². The van der Waals surface area contributed by atoms with Crippen LogP contribution in [0.25, 0.3) is 0 Å². The normalized spacial score (nSPS) is 16.5. The number of piperidine rings is 1. The number of carboxylic acid groups (broad SMARTS) is 1. The molecule has 0 bridgehead atoms. The molecule has 5 nitrogen and oxygen atoms in total. The minimum atomic E-state index is -0.742. The largest absolute Gasteiger partial charge is 0.481 e. The van der Waals surface area contributed by atoms with Gasteiger partial charge in [-0.2, -0.15) is 0 Å². The van der Waals surface area contributed by atoms with E-state index in [1.807, 2.05) is 10.3 Å². The van der Waals surface area contributed by atoms with Crippen molar-refractivity contribution in [2.75, 3.05) is 13.1 Å². The second-order valence-corrected chi connectivity index (χ2v) is 5.83. The van der Waals surface area contributed by atoms with Crippen LogP contribution in [0.4, 0.5) is 0 Å². The molecule has 1 fully saturated rings. The molecule has 1 N–H and O–H groups in total. The summed E-state index contributed by atoms with van der Waals surface area (Å²) >= 11 is 1.57. The van der Waals surface area contributed by atoms with Crippen LogP contribution in [0.1, 0.15) is 30.7 Å². The Balaban J connectivity index is 1.71. The number of nitrogens with zero attached hydrogens (tertiary/aromatic N) is 2. The topological polar surface area (TPSA) is 70.5 Å². The predicted octanol–water partition coefficient (Wildman–Crippen LogP) is 1.79. The molecule has 2 heterocycles. The van der Waals surface area contributed by atoms with Crippen molar-refractivity contribution in [3.8, 4) is 0 Å². The monoisotopic (exact) mass is 282 g/mol. The molecule has 0 saturated carbocycles. The second-order valence-electron chi connectivity index (χ2n) is 4.85. The van der Waals surface area contributed by atoms with Crippen molar-refractivity contribution < 1.29 is 14.7 Å². The van der Waals surface area contributed by atoms with Crippen LogP contribution in [0.3, 0.4) is 0 Å². The highest BCUT2D eigenvalue weighted by Gasteiger charge is 2.24. The molecular weight excluding hydrogens is 264 g/mol. The van der Waals surface area contributed by atoms with Gasteiger partial charge in [-0.3, -0.25) is 9.59 Å². The zero-order valence-corrected chi connectivity index (χ0v) is 11.6. The minimum absolute atomic E-state index is 0.156. The van der Waals surface area contributed by atoms with E-state index in [1.54, 1.807) is 17.5 Å². The maximum atomic E-state index is 12.0. The van der Waals surface area contributed by atoms with Gasteiger partial charge in [0.05, 0.1) is 5.01 Å². The number of aliphatic carboxylic acids is 1. The van der Waals surface area contributed by atoms with E-state index in [9.17, 15) is 9.59 Å². The molecule has 1 aromatic heterocycles. The fourth-order valence-corrected chi connectivity index (χ4v) is 3.00. The molecule has 1 aromatic rings. The third-order valence-electron chi connectivity index (χ3n) is 3.47. The van der Waals surface area contributed by atoms with Gasteiger partial charge in [-0.05, 0) is 18.8 Å². The summed E-state index contributed by atoms with van der Waals surface area (Å²) in [7, 11) is 0. The predicted molar refractivity (Wildman–Crippen MR) is 72.0 cm³/mol. The lowest BCUT2D eigenvalue weighted by Crippen LogP contribution is -2.39. The van der Waals surface area contributed by atoms with Gasteiger partial charge in [-0.1, -0.05) is 0 Å². The quantitative estimate of drug-likeness (QED) is 0.893. The van der Waals surface area contributed by atoms with Gasteiger partial charge in [-0.15, -0.1) is 11.3 Å². The van der Waals surface area contributed by atoms with Gasteiger partial charge in [0.15, 0.2) is 0 Å². The molecule has 1 amide bonds. The molecule has 0 atom stereocenters. The maximum absolute atomic E-state index is 12.0. The van der Waals surface area contributed by atoms with E-state index in [0.717, 1.165) is 17.8 Å². The number of carbonyl (C=O) groups is 2. The Morgan fingerprint density at radius 3 is 2.74 bits per heavy atom. The van der Waals surface area contributed by atoms with Crippen molar-refractivity contribution >= 4 is 23.2 Å². The van der Waals surface area contributed by atoms with E-state index >= 15 is 0 Å². The zero-order chi connectivity index (χ0) is 13.7. The molecule has 1 aliphatic rings. The summed E-state index contributed by atoms with van der Waals surface area (Å²) in [6.45, 7) is 1.38. The van der Waals surface area contributed by atoms with Crippen molar-refractivity contribution in [1.29, 1.82) is 0 Å². The number of carbonyl (C=O) groups excluding carboxylic acids is 1. The number of amides is 1. The van der Waals surface area contributed by atoms with Crippen LogP contribution in [-0.2, 0) is 16.0 Å². The third kappa shape index (κ3) is 4.31. The number of thiazole rings is 1. The molecule has 0 aliphatic carbocycles. The summed E-state index contributed by atoms with van der Waals surface area (Å²) in [5.41, 5.74) is 0. The van der Waals surface area contributed by atoms with Crippen molar-refractivity contribution in [1.82, 2.24) is 9.88 Å². The Labute approximate surface area is 116 Å². The average molecular weight is 282 g/mol. The van der Waals surface area contributed by atoms with Crippen molar-refractivity contribution in [2.45, 2.75) is 32.1 Å². The molecule has 1 saturated heterocycles. The Bertz CT molecular complexity index is 425. The number of aryl methyl sites for hydroxylation is 1. The van der Waals surface area contributed by atoms with Gasteiger partial charge in [0, 0.05) is 43.9 Å². The summed E-state index contributed by atoms with van der Waals surface area (Å²) in [5, 5.41) is 11.7. The number of aromatic nitrogens is 1. The summed E-state index contributed by atoms with van der Waals surface area (Å²) in [6.07, 6.45) is 4.77. The molecule has 0 aromatic carbocycles. The fraction of sp³-hybridized carbons (Fsp3) is 0.615. The van der Waals surface area contributed by atoms with E-state index < -0.39 is 5.97 Å². The summed E-state index contributed by atoms with van der Waals surface area (Å²) < 4.78 is 0. The van der Waals surface area contributed by atoms with Crippen molar-refractivity contribution in [3.63, 3.8) is 0 Å². The first-order valence-electron chi connectivity index (χ1n) is 6.53. The highest BCUT2D eigenvalue weighted by Crippen LogP contribution is 2.21. The van der Waals surface area contributed by atoms with Crippen LogP contribution in [0.5, 0.6) is 0 Å². The van der Waals surface area contributed by atoms with Crippen LogP contribution >= 0.6 is 11.3 Å². The Kier molecular flexibility index (Phi) is 4.90. The Hall–Kier alpha value is -1.43. The first kappa shape index (κ1) is 14.0. The van der Waals surface area contributed by atoms with E-state index in [1.165, 1.54) is 0 Å². The van der Waals surface area contributed by atoms with Gasteiger partial charge in [0.2, 0.25) is 5.91 Å². The highest BCUT2D eigenvalue weighted by atomic mass is 32.1. The first-order chi connectivity index (χ1) is 9.15. The van der Waals surface area contributed by atoms with Crippen LogP contribution in [0.15, 0.2) is 11.6 Å². The lowest BCUT2D eigenvalue weighted by Gasteiger charge is -2.31. The van der Waals surface area contributed by atoms with Crippen molar-refractivity contribution in [3.05, 3.63) is 16.6 Å². The van der Waals surface area contributed by atoms with Crippen LogP contribution < -0.4 is 0 Å². The summed E-state index contributed by atoms with van der Waals surface area (Å²) in [5.74, 6) is -0.363. The zero-order valence-electron chi connectivity index (χ0n) is 10.7. The van der Waals surface area contributed by atoms with Crippen LogP contribution in [-0.4, -0.2) is 40.0 Å². The summed E-state index contributed by atoms with van der Waals surface area (Å²) in [6, 6.07) is 0. The molecule has 1 aliphatic heterocycles. The Morgan fingerprint density at radius 2 is 2.16 bits per heavy atom. The minimum Gasteiger partial charge on any atom is -0.481 e. The molecular formula is C13H18N2O3S. The number of hydrogen-bond donors (Lipinski definition) is 1. The van der Waals surface area contributed by atoms with Crippen molar-refractivity contribution in [2.24, 2.45) is 5.92 Å². The van der Waals surface area contributed by atoms with E-state index in [0.29, 0.717) is 25.9 Å². The van der Waals surface area contributed by atoms with Crippen LogP contribution in [0.2, 0.25) is 0 Å². The molecule has 6 heteroatoms. The van der Waals surface area contributed by atoms with Gasteiger partial charge < -0.3 is 10.0 Å². The van der Waals surface area contributed by atoms with Gasteiger partial charge in [0.1, 0.15) is 0 Å². The molecule has 104 valence electrons. The molecule has 0 spiro atoms. The number of carboxylic acids is 1. The van der Waals surface area contributed by atoms with Gasteiger partial charge in [-0.25, -0.2) is 4.98 Å². The lowest BCUT2D eigenvalue weighted by molar-refractivity contribution is -0.138. The average Bonchev–Trinajstić information content (AvgIpc) is 2.89. The molecule has 19 heavy (non-hydrogen) atoms. The van der Waals surface area contributed by atoms with E-state index in [2.05, 4.69) is 4.98 Å². The van der Waals surface area contributed by atoms with Crippen LogP contribution in [0, 0.1) is 5.92 Å². The maximum Gasteiger partial charge on any atom is 0.303 e. The molecule has 0 radical (unpaired) electrons. The lowest BCUT2D eigenvalue weighted by atomic mass is 9.93. The third-order valence-corrected chi connectivity index (χ3v) is 4.31. The fourth-order valence-electron chi connectivity index (χ4n) is 2.38. The molecule has 0 unspecified atom stereocenters. The number of rotatable bonds is 5. The van der Waals surface area contributed by atoms with E-state index in [-0.39, 0.29) is 18.2 Å². The summed E-state index contributed by atoms with van der Waals surface area (Å²) in [4.78, 5) is 28.7. The first-order valence-corrected chi connectivity index (χ1v) is 7.41. The smallest absolute Gasteiger partial charge is 0.303 e. The Morgan fingerprint density at radius 1 is 1.42 bits per heavy atom. The SMILES string of the molecule is O=C(O)CC1CCN(C(=O)CCc2nccs2)CC1. The second kappa shape index (κ2) is 6.65. The van der Waals surface area contributed by atoms with E-state index in [4.69, 9.17) is 5.11 Å². The van der Waals surface area contributed by atoms with Gasteiger partial charge in [0.25, 0.3) is 0 Å². The molecule has 2 rings (SSSR count). The number of likely N-dealkylation sites (tertiary alicyclic amines) is 1. The number of hydrogen-bond acceptors (Lipinski definition) is 4.